The number of hydrogen-bond acceptors (Lipinski definition) is 3. The quantitative estimate of drug-likeness (QED) is 0.594. The van der Waals surface area contributed by atoms with Gasteiger partial charge in [-0.25, -0.2) is 0 Å². The van der Waals surface area contributed by atoms with Crippen molar-refractivity contribution in [2.24, 2.45) is 0 Å². The van der Waals surface area contributed by atoms with E-state index >= 15 is 0 Å². The van der Waals surface area contributed by atoms with E-state index in [0.717, 1.165) is 25.4 Å². The largest absolute Gasteiger partial charge is 0.469 e. The van der Waals surface area contributed by atoms with Crippen LogP contribution in [0, 0.1) is 0 Å². The number of carbonyl (C=O) groups is 1. The molecule has 1 aliphatic rings. The molecule has 0 aromatic heterocycles. The highest BCUT2D eigenvalue weighted by Gasteiger charge is 2.25. The molecule has 1 saturated carbocycles. The molecule has 0 heterocycles. The second kappa shape index (κ2) is 6.55. The molecule has 3 heteroatoms. The van der Waals surface area contributed by atoms with Crippen LogP contribution in [-0.4, -0.2) is 19.6 Å². The molecule has 18 heavy (non-hydrogen) atoms. The molecular formula is C15H21NO2. The van der Waals surface area contributed by atoms with E-state index in [4.69, 9.17) is 0 Å². The van der Waals surface area contributed by atoms with Crippen molar-refractivity contribution in [3.8, 4) is 0 Å². The highest BCUT2D eigenvalue weighted by atomic mass is 16.5. The molecule has 0 aliphatic heterocycles. The van der Waals surface area contributed by atoms with Crippen LogP contribution in [0.5, 0.6) is 0 Å². The number of carbonyl (C=O) groups excluding carboxylic acids is 1. The van der Waals surface area contributed by atoms with E-state index in [9.17, 15) is 4.79 Å². The molecule has 98 valence electrons. The number of rotatable bonds is 7. The predicted octanol–water partition coefficient (Wildman–Crippen LogP) is 2.61. The zero-order valence-electron chi connectivity index (χ0n) is 10.9. The van der Waals surface area contributed by atoms with Gasteiger partial charge < -0.3 is 10.1 Å². The average Bonchev–Trinajstić information content (AvgIpc) is 3.23. The van der Waals surface area contributed by atoms with Gasteiger partial charge in [-0.2, -0.15) is 0 Å². The van der Waals surface area contributed by atoms with Crippen LogP contribution >= 0.6 is 0 Å². The van der Waals surface area contributed by atoms with Gasteiger partial charge in [0.2, 0.25) is 0 Å². The van der Waals surface area contributed by atoms with E-state index in [1.54, 1.807) is 0 Å². The summed E-state index contributed by atoms with van der Waals surface area (Å²) < 4.78 is 4.61. The zero-order chi connectivity index (χ0) is 12.8. The van der Waals surface area contributed by atoms with Crippen molar-refractivity contribution >= 4 is 5.97 Å². The van der Waals surface area contributed by atoms with Crippen LogP contribution in [0.25, 0.3) is 0 Å². The number of methoxy groups -OCH3 is 1. The molecule has 0 radical (unpaired) electrons. The normalized spacial score (nSPS) is 14.5. The highest BCUT2D eigenvalue weighted by Crippen LogP contribution is 2.41. The molecule has 1 N–H and O–H groups in total. The van der Waals surface area contributed by atoms with Crippen LogP contribution in [0.1, 0.15) is 42.7 Å². The summed E-state index contributed by atoms with van der Waals surface area (Å²) >= 11 is 0. The predicted molar refractivity (Wildman–Crippen MR) is 71.4 cm³/mol. The van der Waals surface area contributed by atoms with Crippen LogP contribution in [0.4, 0.5) is 0 Å². The van der Waals surface area contributed by atoms with Crippen LogP contribution in [0.2, 0.25) is 0 Å². The zero-order valence-corrected chi connectivity index (χ0v) is 10.9. The van der Waals surface area contributed by atoms with Gasteiger partial charge in [0.1, 0.15) is 0 Å². The first-order chi connectivity index (χ1) is 8.81. The molecule has 0 spiro atoms. The van der Waals surface area contributed by atoms with Gasteiger partial charge >= 0.3 is 5.97 Å². The molecule has 0 amide bonds. The van der Waals surface area contributed by atoms with E-state index in [1.165, 1.54) is 31.1 Å². The van der Waals surface area contributed by atoms with E-state index in [2.05, 4.69) is 34.3 Å². The minimum Gasteiger partial charge on any atom is -0.469 e. The number of hydrogen-bond donors (Lipinski definition) is 1. The maximum Gasteiger partial charge on any atom is 0.305 e. The number of benzene rings is 1. The minimum absolute atomic E-state index is 0.129. The summed E-state index contributed by atoms with van der Waals surface area (Å²) in [5, 5.41) is 3.40. The average molecular weight is 247 g/mol. The summed E-state index contributed by atoms with van der Waals surface area (Å²) in [4.78, 5) is 10.9. The van der Waals surface area contributed by atoms with Gasteiger partial charge in [-0.3, -0.25) is 4.79 Å². The minimum atomic E-state index is -0.129. The van der Waals surface area contributed by atoms with E-state index in [-0.39, 0.29) is 5.97 Å². The fourth-order valence-electron chi connectivity index (χ4n) is 2.17. The van der Waals surface area contributed by atoms with Gasteiger partial charge in [0.15, 0.2) is 0 Å². The van der Waals surface area contributed by atoms with Crippen molar-refractivity contribution in [2.45, 2.75) is 38.1 Å². The Morgan fingerprint density at radius 1 is 1.39 bits per heavy atom. The van der Waals surface area contributed by atoms with Crippen molar-refractivity contribution in [3.63, 3.8) is 0 Å². The molecule has 0 unspecified atom stereocenters. The topological polar surface area (TPSA) is 38.3 Å². The number of esters is 1. The van der Waals surface area contributed by atoms with Crippen LogP contribution in [-0.2, 0) is 16.1 Å². The van der Waals surface area contributed by atoms with Gasteiger partial charge in [-0.05, 0) is 42.9 Å². The van der Waals surface area contributed by atoms with Gasteiger partial charge in [-0.15, -0.1) is 0 Å². The van der Waals surface area contributed by atoms with E-state index in [0.29, 0.717) is 6.42 Å². The lowest BCUT2D eigenvalue weighted by atomic mass is 10.0. The fraction of sp³-hybridized carbons (Fsp3) is 0.533. The van der Waals surface area contributed by atoms with Crippen LogP contribution < -0.4 is 5.32 Å². The Bertz CT molecular complexity index is 399. The molecular weight excluding hydrogens is 226 g/mol. The number of ether oxygens (including phenoxy) is 1. The highest BCUT2D eigenvalue weighted by molar-refractivity contribution is 5.69. The summed E-state index contributed by atoms with van der Waals surface area (Å²) in [6, 6.07) is 8.65. The van der Waals surface area contributed by atoms with Crippen molar-refractivity contribution < 1.29 is 9.53 Å². The molecule has 2 rings (SSSR count). The summed E-state index contributed by atoms with van der Waals surface area (Å²) in [6.07, 6.45) is 3.99. The molecule has 0 saturated heterocycles. The molecule has 0 atom stereocenters. The van der Waals surface area contributed by atoms with Crippen molar-refractivity contribution in [3.05, 3.63) is 35.4 Å². The Hall–Kier alpha value is -1.35. The third-order valence-corrected chi connectivity index (χ3v) is 3.35. The Balaban J connectivity index is 1.71. The molecule has 0 bridgehead atoms. The Kier molecular flexibility index (Phi) is 4.76. The number of nitrogens with one attached hydrogen (secondary N) is 1. The van der Waals surface area contributed by atoms with Crippen LogP contribution in [0.3, 0.4) is 0 Å². The van der Waals surface area contributed by atoms with Gasteiger partial charge in [0, 0.05) is 13.0 Å². The smallest absolute Gasteiger partial charge is 0.305 e. The van der Waals surface area contributed by atoms with Gasteiger partial charge in [-0.1, -0.05) is 24.3 Å². The van der Waals surface area contributed by atoms with Crippen molar-refractivity contribution in [1.82, 2.24) is 5.32 Å². The van der Waals surface area contributed by atoms with E-state index < -0.39 is 0 Å². The molecule has 1 aliphatic carbocycles. The summed E-state index contributed by atoms with van der Waals surface area (Å²) in [5.41, 5.74) is 2.90. The SMILES string of the molecule is COC(=O)CCCNCc1ccccc1C1CC1. The maximum absolute atomic E-state index is 10.9. The summed E-state index contributed by atoms with van der Waals surface area (Å²) in [6.45, 7) is 1.75. The third-order valence-electron chi connectivity index (χ3n) is 3.35. The monoisotopic (exact) mass is 247 g/mol. The van der Waals surface area contributed by atoms with Crippen molar-refractivity contribution in [2.75, 3.05) is 13.7 Å². The van der Waals surface area contributed by atoms with E-state index in [1.807, 2.05) is 0 Å². The van der Waals surface area contributed by atoms with Gasteiger partial charge in [0.25, 0.3) is 0 Å². The Morgan fingerprint density at radius 3 is 2.89 bits per heavy atom. The fourth-order valence-corrected chi connectivity index (χ4v) is 2.17. The summed E-state index contributed by atoms with van der Waals surface area (Å²) in [7, 11) is 1.43. The Morgan fingerprint density at radius 2 is 2.17 bits per heavy atom. The first-order valence-corrected chi connectivity index (χ1v) is 6.66. The molecule has 1 fully saturated rings. The maximum atomic E-state index is 10.9. The van der Waals surface area contributed by atoms with Crippen molar-refractivity contribution in [1.29, 1.82) is 0 Å². The first kappa shape index (κ1) is 13.1. The van der Waals surface area contributed by atoms with Gasteiger partial charge in [0.05, 0.1) is 7.11 Å². The molecule has 1 aromatic rings. The Labute approximate surface area is 109 Å². The summed E-state index contributed by atoms with van der Waals surface area (Å²) in [5.74, 6) is 0.660. The second-order valence-corrected chi connectivity index (χ2v) is 4.83. The lowest BCUT2D eigenvalue weighted by Gasteiger charge is -2.09. The molecule has 1 aromatic carbocycles. The standard InChI is InChI=1S/C15H21NO2/c1-18-15(17)7-4-10-16-11-13-5-2-3-6-14(13)12-8-9-12/h2-3,5-6,12,16H,4,7-11H2,1H3. The lowest BCUT2D eigenvalue weighted by molar-refractivity contribution is -0.140. The first-order valence-electron chi connectivity index (χ1n) is 6.66. The molecule has 3 nitrogen and oxygen atoms in total. The second-order valence-electron chi connectivity index (χ2n) is 4.83. The van der Waals surface area contributed by atoms with Crippen LogP contribution in [0.15, 0.2) is 24.3 Å². The third kappa shape index (κ3) is 3.84. The lowest BCUT2D eigenvalue weighted by Crippen LogP contribution is -2.17.